The lowest BCUT2D eigenvalue weighted by molar-refractivity contribution is -0.00488. The Balaban J connectivity index is 2.22. The monoisotopic (exact) mass is 267 g/mol. The molecule has 5 heteroatoms. The number of methoxy groups -OCH3 is 1. The topological polar surface area (TPSA) is 60.7 Å². The molecule has 2 rings (SSSR count). The van der Waals surface area contributed by atoms with Crippen LogP contribution in [-0.2, 0) is 16.1 Å². The highest BCUT2D eigenvalue weighted by atomic mass is 16.5. The fraction of sp³-hybridized carbons (Fsp3) is 0.643. The smallest absolute Gasteiger partial charge is 0.339 e. The Morgan fingerprint density at radius 2 is 2.32 bits per heavy atom. The average Bonchev–Trinajstić information content (AvgIpc) is 3.00. The number of hydrogen-bond acceptors (Lipinski definition) is 4. The van der Waals surface area contributed by atoms with E-state index in [0.29, 0.717) is 17.0 Å². The fourth-order valence-electron chi connectivity index (χ4n) is 2.66. The molecule has 0 radical (unpaired) electrons. The Morgan fingerprint density at radius 1 is 1.58 bits per heavy atom. The van der Waals surface area contributed by atoms with Crippen molar-refractivity contribution in [1.82, 2.24) is 4.57 Å². The summed E-state index contributed by atoms with van der Waals surface area (Å²) in [6.07, 6.45) is 5.55. The molecular weight excluding hydrogens is 246 g/mol. The summed E-state index contributed by atoms with van der Waals surface area (Å²) in [6, 6.07) is 0. The van der Waals surface area contributed by atoms with Crippen LogP contribution in [0.5, 0.6) is 0 Å². The van der Waals surface area contributed by atoms with Crippen LogP contribution in [0, 0.1) is 5.92 Å². The Kier molecular flexibility index (Phi) is 4.27. The van der Waals surface area contributed by atoms with Gasteiger partial charge in [0.15, 0.2) is 0 Å². The van der Waals surface area contributed by atoms with Crippen molar-refractivity contribution in [3.05, 3.63) is 23.5 Å². The average molecular weight is 267 g/mol. The number of aliphatic hydroxyl groups is 1. The van der Waals surface area contributed by atoms with Gasteiger partial charge < -0.3 is 19.1 Å². The number of carbonyl (C=O) groups is 1. The summed E-state index contributed by atoms with van der Waals surface area (Å²) in [7, 11) is 1.34. The van der Waals surface area contributed by atoms with Crippen molar-refractivity contribution in [2.75, 3.05) is 7.11 Å². The standard InChI is InChI=1S/C14H21NO4/c1-4-12-9(2)5-13(19-12)15-6-10(8-16)11(7-15)14(17)18-3/h6-7,9,12-13,16H,4-5,8H2,1-3H3. The predicted molar refractivity (Wildman–Crippen MR) is 69.7 cm³/mol. The van der Waals surface area contributed by atoms with E-state index < -0.39 is 5.97 Å². The third-order valence-electron chi connectivity index (χ3n) is 3.78. The van der Waals surface area contributed by atoms with Gasteiger partial charge in [0.25, 0.3) is 0 Å². The van der Waals surface area contributed by atoms with Crippen molar-refractivity contribution in [2.45, 2.75) is 45.6 Å². The van der Waals surface area contributed by atoms with Gasteiger partial charge in [0, 0.05) is 18.0 Å². The molecule has 1 aliphatic heterocycles. The number of rotatable bonds is 4. The van der Waals surface area contributed by atoms with E-state index in [4.69, 9.17) is 9.47 Å². The van der Waals surface area contributed by atoms with Gasteiger partial charge in [-0.15, -0.1) is 0 Å². The minimum atomic E-state index is -0.430. The third-order valence-corrected chi connectivity index (χ3v) is 3.78. The second kappa shape index (κ2) is 5.75. The molecular formula is C14H21NO4. The van der Waals surface area contributed by atoms with Crippen LogP contribution in [0.1, 0.15) is 48.8 Å². The second-order valence-corrected chi connectivity index (χ2v) is 5.04. The van der Waals surface area contributed by atoms with Crippen LogP contribution in [0.25, 0.3) is 0 Å². The largest absolute Gasteiger partial charge is 0.465 e. The molecule has 1 fully saturated rings. The first-order chi connectivity index (χ1) is 9.10. The van der Waals surface area contributed by atoms with Crippen molar-refractivity contribution < 1.29 is 19.4 Å². The molecule has 2 heterocycles. The van der Waals surface area contributed by atoms with Gasteiger partial charge in [0.2, 0.25) is 0 Å². The van der Waals surface area contributed by atoms with Crippen LogP contribution in [0.3, 0.4) is 0 Å². The Hall–Kier alpha value is -1.33. The molecule has 0 saturated carbocycles. The summed E-state index contributed by atoms with van der Waals surface area (Å²) < 4.78 is 12.5. The second-order valence-electron chi connectivity index (χ2n) is 5.04. The molecule has 1 N–H and O–H groups in total. The summed E-state index contributed by atoms with van der Waals surface area (Å²) in [5.41, 5.74) is 0.976. The number of nitrogens with zero attached hydrogens (tertiary/aromatic N) is 1. The van der Waals surface area contributed by atoms with Gasteiger partial charge in [-0.3, -0.25) is 0 Å². The predicted octanol–water partition coefficient (Wildman–Crippen LogP) is 2.10. The van der Waals surface area contributed by atoms with Gasteiger partial charge >= 0.3 is 5.97 Å². The third kappa shape index (κ3) is 2.67. The van der Waals surface area contributed by atoms with Crippen molar-refractivity contribution in [2.24, 2.45) is 5.92 Å². The summed E-state index contributed by atoms with van der Waals surface area (Å²) >= 11 is 0. The van der Waals surface area contributed by atoms with Crippen LogP contribution in [0.4, 0.5) is 0 Å². The quantitative estimate of drug-likeness (QED) is 0.849. The van der Waals surface area contributed by atoms with Crippen LogP contribution in [0.15, 0.2) is 12.4 Å². The molecule has 3 atom stereocenters. The van der Waals surface area contributed by atoms with Gasteiger partial charge in [-0.25, -0.2) is 4.79 Å². The lowest BCUT2D eigenvalue weighted by atomic mass is 10.0. The van der Waals surface area contributed by atoms with Gasteiger partial charge in [-0.1, -0.05) is 13.8 Å². The molecule has 19 heavy (non-hydrogen) atoms. The Morgan fingerprint density at radius 3 is 2.84 bits per heavy atom. The van der Waals surface area contributed by atoms with Crippen molar-refractivity contribution in [1.29, 1.82) is 0 Å². The van der Waals surface area contributed by atoms with E-state index in [1.807, 2.05) is 4.57 Å². The van der Waals surface area contributed by atoms with E-state index in [0.717, 1.165) is 12.8 Å². The number of carbonyl (C=O) groups excluding carboxylic acids is 1. The lowest BCUT2D eigenvalue weighted by Gasteiger charge is -2.14. The zero-order chi connectivity index (χ0) is 14.0. The molecule has 0 bridgehead atoms. The molecule has 0 aromatic carbocycles. The first-order valence-electron chi connectivity index (χ1n) is 6.65. The van der Waals surface area contributed by atoms with Gasteiger partial charge in [0.05, 0.1) is 25.4 Å². The van der Waals surface area contributed by atoms with Crippen LogP contribution < -0.4 is 0 Å². The van der Waals surface area contributed by atoms with Gasteiger partial charge in [-0.2, -0.15) is 0 Å². The van der Waals surface area contributed by atoms with Gasteiger partial charge in [0.1, 0.15) is 6.23 Å². The van der Waals surface area contributed by atoms with Crippen LogP contribution in [-0.4, -0.2) is 28.9 Å². The lowest BCUT2D eigenvalue weighted by Crippen LogP contribution is -2.12. The summed E-state index contributed by atoms with van der Waals surface area (Å²) in [4.78, 5) is 11.6. The van der Waals surface area contributed by atoms with Crippen LogP contribution >= 0.6 is 0 Å². The molecule has 0 amide bonds. The summed E-state index contributed by atoms with van der Waals surface area (Å²) in [5.74, 6) is 0.0671. The number of esters is 1. The fourth-order valence-corrected chi connectivity index (χ4v) is 2.66. The van der Waals surface area contributed by atoms with E-state index in [1.54, 1.807) is 12.4 Å². The number of hydrogen-bond donors (Lipinski definition) is 1. The molecule has 1 aromatic rings. The Labute approximate surface area is 113 Å². The first-order valence-corrected chi connectivity index (χ1v) is 6.65. The van der Waals surface area contributed by atoms with Crippen LogP contribution in [0.2, 0.25) is 0 Å². The zero-order valence-electron chi connectivity index (χ0n) is 11.6. The van der Waals surface area contributed by atoms with E-state index in [2.05, 4.69) is 13.8 Å². The zero-order valence-corrected chi connectivity index (χ0v) is 11.6. The minimum Gasteiger partial charge on any atom is -0.465 e. The summed E-state index contributed by atoms with van der Waals surface area (Å²) in [6.45, 7) is 4.10. The van der Waals surface area contributed by atoms with Gasteiger partial charge in [-0.05, 0) is 18.8 Å². The van der Waals surface area contributed by atoms with E-state index in [1.165, 1.54) is 7.11 Å². The maximum absolute atomic E-state index is 11.6. The molecule has 1 aromatic heterocycles. The minimum absolute atomic E-state index is 0.0661. The molecule has 3 unspecified atom stereocenters. The summed E-state index contributed by atoms with van der Waals surface area (Å²) in [5, 5.41) is 9.31. The molecule has 5 nitrogen and oxygen atoms in total. The maximum Gasteiger partial charge on any atom is 0.339 e. The van der Waals surface area contributed by atoms with Crippen molar-refractivity contribution in [3.63, 3.8) is 0 Å². The maximum atomic E-state index is 11.6. The number of aliphatic hydroxyl groups excluding tert-OH is 1. The van der Waals surface area contributed by atoms with Crippen molar-refractivity contribution >= 4 is 5.97 Å². The van der Waals surface area contributed by atoms with E-state index >= 15 is 0 Å². The molecule has 0 spiro atoms. The molecule has 1 aliphatic rings. The van der Waals surface area contributed by atoms with Crippen molar-refractivity contribution in [3.8, 4) is 0 Å². The normalized spacial score (nSPS) is 26.6. The first kappa shape index (κ1) is 14.1. The SMILES string of the molecule is CCC1OC(n2cc(CO)c(C(=O)OC)c2)CC1C. The van der Waals surface area contributed by atoms with E-state index in [-0.39, 0.29) is 18.9 Å². The molecule has 1 saturated heterocycles. The highest BCUT2D eigenvalue weighted by Crippen LogP contribution is 2.35. The van der Waals surface area contributed by atoms with E-state index in [9.17, 15) is 9.90 Å². The molecule has 0 aliphatic carbocycles. The molecule has 106 valence electrons. The number of aromatic nitrogens is 1. The number of ether oxygens (including phenoxy) is 2. The highest BCUT2D eigenvalue weighted by Gasteiger charge is 2.32. The highest BCUT2D eigenvalue weighted by molar-refractivity contribution is 5.90. The Bertz CT molecular complexity index is 454.